The number of carboxylic acids is 1. The SMILES string of the molecule is CC1(C)[C@H]2C[C@H](NC[C@H](O)COc3ccc4ccccc4c3)[C@@H](C/C=C\CCCC(=O)O)[C@@H]1C2. The molecule has 3 fully saturated rings. The summed E-state index contributed by atoms with van der Waals surface area (Å²) in [5, 5.41) is 25.4. The summed E-state index contributed by atoms with van der Waals surface area (Å²) in [4.78, 5) is 10.7. The molecule has 0 aromatic heterocycles. The summed E-state index contributed by atoms with van der Waals surface area (Å²) in [6.07, 6.45) is 9.03. The minimum Gasteiger partial charge on any atom is -0.491 e. The van der Waals surface area contributed by atoms with Crippen LogP contribution in [-0.4, -0.2) is 41.5 Å². The first-order valence-electron chi connectivity index (χ1n) is 12.7. The number of aliphatic carboxylic acids is 1. The number of aliphatic hydroxyl groups excluding tert-OH is 1. The van der Waals surface area contributed by atoms with Crippen LogP contribution in [0, 0.1) is 23.2 Å². The van der Waals surface area contributed by atoms with Gasteiger partial charge >= 0.3 is 5.97 Å². The van der Waals surface area contributed by atoms with Gasteiger partial charge in [-0.25, -0.2) is 0 Å². The molecule has 0 spiro atoms. The molecule has 0 saturated heterocycles. The molecule has 184 valence electrons. The van der Waals surface area contributed by atoms with E-state index in [1.807, 2.05) is 30.3 Å². The first kappa shape index (κ1) is 24.7. The van der Waals surface area contributed by atoms with Crippen molar-refractivity contribution in [1.29, 1.82) is 0 Å². The highest BCUT2D eigenvalue weighted by Crippen LogP contribution is 2.62. The van der Waals surface area contributed by atoms with E-state index >= 15 is 0 Å². The number of unbranched alkanes of at least 4 members (excludes halogenated alkanes) is 1. The summed E-state index contributed by atoms with van der Waals surface area (Å²) in [5.41, 5.74) is 0.387. The molecule has 3 N–H and O–H groups in total. The molecule has 0 unspecified atom stereocenters. The molecular weight excluding hydrogens is 426 g/mol. The number of aliphatic hydroxyl groups is 1. The number of ether oxygens (including phenoxy) is 1. The second kappa shape index (κ2) is 10.9. The summed E-state index contributed by atoms with van der Waals surface area (Å²) in [5.74, 6) is 2.04. The van der Waals surface area contributed by atoms with Gasteiger partial charge in [-0.3, -0.25) is 4.79 Å². The molecular formula is C29H39NO4. The number of allylic oxidation sites excluding steroid dienone is 2. The smallest absolute Gasteiger partial charge is 0.303 e. The minimum atomic E-state index is -0.727. The summed E-state index contributed by atoms with van der Waals surface area (Å²) in [6.45, 7) is 5.59. The number of carbonyl (C=O) groups is 1. The van der Waals surface area contributed by atoms with E-state index in [9.17, 15) is 9.90 Å². The first-order chi connectivity index (χ1) is 16.3. The number of nitrogens with one attached hydrogen (secondary N) is 1. The monoisotopic (exact) mass is 465 g/mol. The first-order valence-corrected chi connectivity index (χ1v) is 12.7. The fraction of sp³-hybridized carbons (Fsp3) is 0.552. The van der Waals surface area contributed by atoms with Crippen molar-refractivity contribution in [2.24, 2.45) is 23.2 Å². The number of hydrogen-bond donors (Lipinski definition) is 3. The maximum absolute atomic E-state index is 10.7. The van der Waals surface area contributed by atoms with Gasteiger partial charge in [-0.05, 0) is 78.2 Å². The van der Waals surface area contributed by atoms with Crippen LogP contribution in [0.5, 0.6) is 5.75 Å². The van der Waals surface area contributed by atoms with Crippen LogP contribution < -0.4 is 10.1 Å². The largest absolute Gasteiger partial charge is 0.491 e. The zero-order valence-electron chi connectivity index (χ0n) is 20.5. The van der Waals surface area contributed by atoms with E-state index in [4.69, 9.17) is 9.84 Å². The molecule has 5 nitrogen and oxygen atoms in total. The van der Waals surface area contributed by atoms with Gasteiger partial charge in [-0.15, -0.1) is 0 Å². The predicted octanol–water partition coefficient (Wildman–Crippen LogP) is 5.42. The Bertz CT molecular complexity index is 1000. The fourth-order valence-corrected chi connectivity index (χ4v) is 6.05. The van der Waals surface area contributed by atoms with Crippen LogP contribution in [0.1, 0.15) is 52.4 Å². The van der Waals surface area contributed by atoms with Crippen molar-refractivity contribution in [1.82, 2.24) is 5.32 Å². The molecule has 3 saturated carbocycles. The van der Waals surface area contributed by atoms with Crippen LogP contribution in [0.25, 0.3) is 10.8 Å². The number of hydrogen-bond acceptors (Lipinski definition) is 4. The van der Waals surface area contributed by atoms with Crippen molar-refractivity contribution in [3.05, 3.63) is 54.6 Å². The second-order valence-electron chi connectivity index (χ2n) is 10.7. The Labute approximate surface area is 203 Å². The van der Waals surface area contributed by atoms with Crippen LogP contribution in [0.3, 0.4) is 0 Å². The van der Waals surface area contributed by atoms with E-state index in [1.54, 1.807) is 0 Å². The minimum absolute atomic E-state index is 0.231. The molecule has 0 radical (unpaired) electrons. The van der Waals surface area contributed by atoms with Crippen molar-refractivity contribution in [2.75, 3.05) is 13.2 Å². The molecule has 2 aromatic rings. The quantitative estimate of drug-likeness (QED) is 0.288. The molecule has 5 heteroatoms. The van der Waals surface area contributed by atoms with Gasteiger partial charge in [0.25, 0.3) is 0 Å². The van der Waals surface area contributed by atoms with Crippen molar-refractivity contribution in [3.8, 4) is 5.75 Å². The summed E-state index contributed by atoms with van der Waals surface area (Å²) in [7, 11) is 0. The van der Waals surface area contributed by atoms with Gasteiger partial charge < -0.3 is 20.3 Å². The maximum atomic E-state index is 10.7. The van der Waals surface area contributed by atoms with E-state index in [1.165, 1.54) is 11.8 Å². The third kappa shape index (κ3) is 5.81. The van der Waals surface area contributed by atoms with Gasteiger partial charge in [0.2, 0.25) is 0 Å². The topological polar surface area (TPSA) is 78.8 Å². The van der Waals surface area contributed by atoms with E-state index in [2.05, 4.69) is 43.4 Å². The van der Waals surface area contributed by atoms with Crippen molar-refractivity contribution < 1.29 is 19.7 Å². The summed E-state index contributed by atoms with van der Waals surface area (Å²) < 4.78 is 5.88. The normalized spacial score (nSPS) is 26.3. The Morgan fingerprint density at radius 3 is 2.74 bits per heavy atom. The Hall–Kier alpha value is -2.37. The van der Waals surface area contributed by atoms with Gasteiger partial charge in [0, 0.05) is 19.0 Å². The average Bonchev–Trinajstić information content (AvgIpc) is 2.83. The van der Waals surface area contributed by atoms with Gasteiger partial charge in [0.15, 0.2) is 0 Å². The third-order valence-electron chi connectivity index (χ3n) is 8.23. The molecule has 0 amide bonds. The summed E-state index contributed by atoms with van der Waals surface area (Å²) in [6, 6.07) is 14.6. The van der Waals surface area contributed by atoms with E-state index in [0.717, 1.165) is 36.3 Å². The molecule has 2 bridgehead atoms. The third-order valence-corrected chi connectivity index (χ3v) is 8.23. The fourth-order valence-electron chi connectivity index (χ4n) is 6.05. The highest BCUT2D eigenvalue weighted by atomic mass is 16.5. The van der Waals surface area contributed by atoms with Crippen LogP contribution in [-0.2, 0) is 4.79 Å². The molecule has 0 aliphatic heterocycles. The van der Waals surface area contributed by atoms with E-state index in [0.29, 0.717) is 36.3 Å². The molecule has 5 rings (SSSR count). The zero-order valence-corrected chi connectivity index (χ0v) is 20.5. The predicted molar refractivity (Wildman–Crippen MR) is 136 cm³/mol. The number of carboxylic acid groups (broad SMARTS) is 1. The van der Waals surface area contributed by atoms with Gasteiger partial charge in [-0.1, -0.05) is 56.3 Å². The molecule has 3 aliphatic carbocycles. The van der Waals surface area contributed by atoms with Crippen LogP contribution in [0.2, 0.25) is 0 Å². The molecule has 34 heavy (non-hydrogen) atoms. The van der Waals surface area contributed by atoms with E-state index in [-0.39, 0.29) is 13.0 Å². The second-order valence-corrected chi connectivity index (χ2v) is 10.7. The van der Waals surface area contributed by atoms with Crippen molar-refractivity contribution in [2.45, 2.75) is 64.5 Å². The molecule has 5 atom stereocenters. The summed E-state index contributed by atoms with van der Waals surface area (Å²) >= 11 is 0. The number of fused-ring (bicyclic) bond motifs is 3. The maximum Gasteiger partial charge on any atom is 0.303 e. The van der Waals surface area contributed by atoms with Crippen LogP contribution >= 0.6 is 0 Å². The van der Waals surface area contributed by atoms with Crippen LogP contribution in [0.4, 0.5) is 0 Å². The Morgan fingerprint density at radius 2 is 1.97 bits per heavy atom. The van der Waals surface area contributed by atoms with E-state index < -0.39 is 12.1 Å². The lowest BCUT2D eigenvalue weighted by atomic mass is 9.44. The Kier molecular flexibility index (Phi) is 7.95. The molecule has 3 aliphatic rings. The standard InChI is InChI=1S/C29H39NO4/c1-29(2)22-16-26(29)25(11-5-3-4-6-12-28(32)33)27(17-22)30-18-23(31)19-34-24-14-13-20-9-7-8-10-21(20)15-24/h3,5,7-10,13-15,22-23,25-27,30-31H,4,6,11-12,16-19H2,1-2H3,(H,32,33)/b5-3-/t22-,23+,25+,26+,27+/m1/s1. The molecule has 2 aromatic carbocycles. The lowest BCUT2D eigenvalue weighted by molar-refractivity contribution is -0.137. The number of rotatable bonds is 12. The Balaban J connectivity index is 1.26. The zero-order chi connectivity index (χ0) is 24.1. The lowest BCUT2D eigenvalue weighted by Gasteiger charge is -2.63. The molecule has 0 heterocycles. The number of benzene rings is 2. The highest BCUT2D eigenvalue weighted by molar-refractivity contribution is 5.83. The van der Waals surface area contributed by atoms with Crippen molar-refractivity contribution >= 4 is 16.7 Å². The lowest BCUT2D eigenvalue weighted by Crippen LogP contribution is -2.61. The highest BCUT2D eigenvalue weighted by Gasteiger charge is 2.56. The van der Waals surface area contributed by atoms with Crippen molar-refractivity contribution in [3.63, 3.8) is 0 Å². The average molecular weight is 466 g/mol. The van der Waals surface area contributed by atoms with Crippen LogP contribution in [0.15, 0.2) is 54.6 Å². The Morgan fingerprint density at radius 1 is 1.18 bits per heavy atom. The van der Waals surface area contributed by atoms with Gasteiger partial charge in [-0.2, -0.15) is 0 Å². The van der Waals surface area contributed by atoms with Gasteiger partial charge in [0.1, 0.15) is 18.5 Å². The van der Waals surface area contributed by atoms with Gasteiger partial charge in [0.05, 0.1) is 0 Å².